The Bertz CT molecular complexity index is 1680. The molecule has 41 heavy (non-hydrogen) atoms. The van der Waals surface area contributed by atoms with Crippen LogP contribution < -0.4 is 9.64 Å². The molecule has 2 heterocycles. The number of aromatic nitrogens is 2. The molecule has 0 unspecified atom stereocenters. The number of hydrogen-bond acceptors (Lipinski definition) is 7. The zero-order valence-corrected chi connectivity index (χ0v) is 23.1. The summed E-state index contributed by atoms with van der Waals surface area (Å²) in [6, 6.07) is 18.7. The van der Waals surface area contributed by atoms with Crippen molar-refractivity contribution in [1.29, 1.82) is 0 Å². The first-order chi connectivity index (χ1) is 19.6. The number of fused-ring (bicyclic) bond motifs is 1. The Hall–Kier alpha value is -4.45. The zero-order valence-electron chi connectivity index (χ0n) is 22.3. The molecule has 0 saturated carbocycles. The number of aryl methyl sites for hydroxylation is 1. The highest BCUT2D eigenvalue weighted by Gasteiger charge is 2.32. The normalized spacial score (nSPS) is 15.4. The number of benzene rings is 3. The lowest BCUT2D eigenvalue weighted by molar-refractivity contribution is -0.274. The highest BCUT2D eigenvalue weighted by Crippen LogP contribution is 2.33. The number of carbonyl (C=O) groups is 1. The van der Waals surface area contributed by atoms with E-state index in [0.29, 0.717) is 22.3 Å². The van der Waals surface area contributed by atoms with Gasteiger partial charge < -0.3 is 4.74 Å². The van der Waals surface area contributed by atoms with E-state index in [2.05, 4.69) is 38.9 Å². The third-order valence-electron chi connectivity index (χ3n) is 6.23. The Labute approximate surface area is 238 Å². The molecule has 0 N–H and O–H groups in total. The van der Waals surface area contributed by atoms with E-state index in [-0.39, 0.29) is 17.6 Å². The number of alkyl halides is 3. The second-order valence-corrected chi connectivity index (χ2v) is 10.4. The summed E-state index contributed by atoms with van der Waals surface area (Å²) in [7, 11) is 1.80. The molecular weight excluding hydrogens is 553 g/mol. The van der Waals surface area contributed by atoms with Crippen LogP contribution in [0.15, 0.2) is 81.9 Å². The Balaban J connectivity index is 1.34. The molecule has 3 aromatic carbocycles. The molecule has 1 amide bonds. The van der Waals surface area contributed by atoms with Crippen molar-refractivity contribution >= 4 is 57.5 Å². The maximum atomic E-state index is 12.7. The van der Waals surface area contributed by atoms with E-state index in [1.807, 2.05) is 42.5 Å². The second-order valence-electron chi connectivity index (χ2n) is 9.44. The molecule has 8 nitrogen and oxygen atoms in total. The fourth-order valence-corrected chi connectivity index (χ4v) is 5.16. The lowest BCUT2D eigenvalue weighted by Crippen LogP contribution is -2.30. The van der Waals surface area contributed by atoms with Gasteiger partial charge in [-0.1, -0.05) is 49.9 Å². The monoisotopic (exact) mass is 578 g/mol. The van der Waals surface area contributed by atoms with Crippen LogP contribution in [0, 0.1) is 0 Å². The number of para-hydroxylation sites is 1. The molecule has 0 atom stereocenters. The van der Waals surface area contributed by atoms with Crippen LogP contribution >= 0.6 is 11.8 Å². The van der Waals surface area contributed by atoms with Crippen molar-refractivity contribution in [3.63, 3.8) is 0 Å². The van der Waals surface area contributed by atoms with Crippen LogP contribution in [0.25, 0.3) is 10.9 Å². The minimum Gasteiger partial charge on any atom is -0.406 e. The van der Waals surface area contributed by atoms with Crippen LogP contribution in [0.5, 0.6) is 5.75 Å². The number of thioether (sulfide) groups is 1. The zero-order chi connectivity index (χ0) is 29.1. The quantitative estimate of drug-likeness (QED) is 0.178. The fourth-order valence-electron chi connectivity index (χ4n) is 4.34. The molecule has 0 spiro atoms. The maximum Gasteiger partial charge on any atom is 0.573 e. The highest BCUT2D eigenvalue weighted by atomic mass is 32.2. The number of halogens is 3. The standard InChI is InChI=1S/C29H25F3N6O2S/c1-18(2)22-6-4-5-7-25(22)38-27(39)17-41-28(38)35-34-15-19-8-13-23-24(36-37(3)26(23)14-19)16-33-20-9-11-21(12-10-20)40-29(30,31)32/h4-16,18H,17H2,1-3H3/b33-16?,34-15-,35-28+. The van der Waals surface area contributed by atoms with E-state index >= 15 is 0 Å². The molecular formula is C29H25F3N6O2S. The smallest absolute Gasteiger partial charge is 0.406 e. The summed E-state index contributed by atoms with van der Waals surface area (Å²) in [6.07, 6.45) is -1.57. The summed E-state index contributed by atoms with van der Waals surface area (Å²) in [5.41, 5.74) is 4.56. The average molecular weight is 579 g/mol. The number of aliphatic imine (C=N–C) groups is 1. The molecule has 0 aliphatic carbocycles. The number of hydrogen-bond donors (Lipinski definition) is 0. The van der Waals surface area contributed by atoms with Crippen molar-refractivity contribution in [2.75, 3.05) is 10.7 Å². The van der Waals surface area contributed by atoms with Gasteiger partial charge in [-0.05, 0) is 59.5 Å². The van der Waals surface area contributed by atoms with Crippen molar-refractivity contribution in [3.8, 4) is 5.75 Å². The van der Waals surface area contributed by atoms with Crippen molar-refractivity contribution in [2.24, 2.45) is 22.2 Å². The predicted octanol–water partition coefficient (Wildman–Crippen LogP) is 6.82. The molecule has 1 aliphatic heterocycles. The lowest BCUT2D eigenvalue weighted by atomic mass is 10.0. The van der Waals surface area contributed by atoms with E-state index < -0.39 is 6.36 Å². The first kappa shape index (κ1) is 28.1. The SMILES string of the molecule is CC(C)c1ccccc1N1C(=O)CS/C1=N/N=C\c1ccc2c(C=Nc3ccc(OC(F)(F)F)cc3)nn(C)c2c1. The number of rotatable bonds is 7. The molecule has 4 aromatic rings. The summed E-state index contributed by atoms with van der Waals surface area (Å²) >= 11 is 1.35. The first-order valence-corrected chi connectivity index (χ1v) is 13.6. The van der Waals surface area contributed by atoms with E-state index in [9.17, 15) is 18.0 Å². The van der Waals surface area contributed by atoms with Gasteiger partial charge in [0.05, 0.1) is 35.1 Å². The molecule has 210 valence electrons. The fraction of sp³-hybridized carbons (Fsp3) is 0.207. The summed E-state index contributed by atoms with van der Waals surface area (Å²) < 4.78 is 42.7. The summed E-state index contributed by atoms with van der Waals surface area (Å²) in [5, 5.41) is 14.5. The Morgan fingerprint density at radius 3 is 2.54 bits per heavy atom. The van der Waals surface area contributed by atoms with E-state index in [0.717, 1.165) is 27.7 Å². The first-order valence-electron chi connectivity index (χ1n) is 12.6. The molecule has 0 radical (unpaired) electrons. The van der Waals surface area contributed by atoms with Gasteiger partial charge >= 0.3 is 6.36 Å². The number of carbonyl (C=O) groups excluding carboxylic acids is 1. The molecule has 1 aromatic heterocycles. The van der Waals surface area contributed by atoms with Crippen molar-refractivity contribution in [3.05, 3.63) is 83.6 Å². The lowest BCUT2D eigenvalue weighted by Gasteiger charge is -2.20. The minimum absolute atomic E-state index is 0.0341. The average Bonchev–Trinajstić information content (AvgIpc) is 3.45. The number of amidine groups is 1. The number of anilines is 1. The van der Waals surface area contributed by atoms with E-state index in [4.69, 9.17) is 0 Å². The number of amides is 1. The molecule has 5 rings (SSSR count). The summed E-state index contributed by atoms with van der Waals surface area (Å²) in [5.74, 6) is 0.198. The van der Waals surface area contributed by atoms with Crippen LogP contribution in [0.3, 0.4) is 0 Å². The summed E-state index contributed by atoms with van der Waals surface area (Å²) in [6.45, 7) is 4.17. The summed E-state index contributed by atoms with van der Waals surface area (Å²) in [4.78, 5) is 18.7. The maximum absolute atomic E-state index is 12.7. The van der Waals surface area contributed by atoms with Gasteiger partial charge in [0.25, 0.3) is 0 Å². The Morgan fingerprint density at radius 2 is 1.80 bits per heavy atom. The largest absolute Gasteiger partial charge is 0.573 e. The van der Waals surface area contributed by atoms with Gasteiger partial charge in [-0.15, -0.1) is 18.3 Å². The topological polar surface area (TPSA) is 84.4 Å². The van der Waals surface area contributed by atoms with Crippen LogP contribution in [0.4, 0.5) is 24.5 Å². The molecule has 0 bridgehead atoms. The molecule has 1 saturated heterocycles. The predicted molar refractivity (Wildman–Crippen MR) is 157 cm³/mol. The number of ether oxygens (including phenoxy) is 1. The van der Waals surface area contributed by atoms with Gasteiger partial charge in [0.15, 0.2) is 5.17 Å². The van der Waals surface area contributed by atoms with Gasteiger partial charge in [0.1, 0.15) is 11.4 Å². The van der Waals surface area contributed by atoms with Gasteiger partial charge in [-0.3, -0.25) is 19.4 Å². The third-order valence-corrected chi connectivity index (χ3v) is 7.14. The van der Waals surface area contributed by atoms with Crippen molar-refractivity contribution in [2.45, 2.75) is 26.1 Å². The minimum atomic E-state index is -4.75. The van der Waals surface area contributed by atoms with Gasteiger partial charge in [0.2, 0.25) is 5.91 Å². The van der Waals surface area contributed by atoms with Gasteiger partial charge in [-0.25, -0.2) is 0 Å². The van der Waals surface area contributed by atoms with E-state index in [1.165, 1.54) is 36.0 Å². The van der Waals surface area contributed by atoms with E-state index in [1.54, 1.807) is 29.1 Å². The van der Waals surface area contributed by atoms with Crippen LogP contribution in [-0.4, -0.2) is 45.4 Å². The molecule has 1 aliphatic rings. The Morgan fingerprint density at radius 1 is 1.05 bits per heavy atom. The number of nitrogens with zero attached hydrogens (tertiary/aromatic N) is 6. The third kappa shape index (κ3) is 6.49. The highest BCUT2D eigenvalue weighted by molar-refractivity contribution is 8.15. The second kappa shape index (κ2) is 11.6. The molecule has 12 heteroatoms. The van der Waals surface area contributed by atoms with Crippen molar-refractivity contribution in [1.82, 2.24) is 9.78 Å². The van der Waals surface area contributed by atoms with Crippen LogP contribution in [0.2, 0.25) is 0 Å². The van der Waals surface area contributed by atoms with Gasteiger partial charge in [0, 0.05) is 12.4 Å². The molecule has 1 fully saturated rings. The van der Waals surface area contributed by atoms with Crippen LogP contribution in [0.1, 0.15) is 36.6 Å². The van der Waals surface area contributed by atoms with Gasteiger partial charge in [-0.2, -0.15) is 10.2 Å². The van der Waals surface area contributed by atoms with Crippen molar-refractivity contribution < 1.29 is 22.7 Å². The Kier molecular flexibility index (Phi) is 7.93. The van der Waals surface area contributed by atoms with Crippen LogP contribution in [-0.2, 0) is 11.8 Å².